The lowest BCUT2D eigenvalue weighted by molar-refractivity contribution is 1.36. The van der Waals surface area contributed by atoms with Crippen LogP contribution in [0.1, 0.15) is 0 Å². The van der Waals surface area contributed by atoms with Crippen LogP contribution in [0.3, 0.4) is 0 Å². The van der Waals surface area contributed by atoms with E-state index in [1.807, 2.05) is 36.4 Å². The number of benzene rings is 8. The minimum atomic E-state index is 0.906. The zero-order valence-corrected chi connectivity index (χ0v) is 34.7. The number of nitrogens with zero attached hydrogens (tertiary/aromatic N) is 4. The van der Waals surface area contributed by atoms with E-state index in [4.69, 9.17) is 19.9 Å². The Labute approximate surface area is 370 Å². The number of pyridine rings is 4. The maximum absolute atomic E-state index is 5.22. The van der Waals surface area contributed by atoms with Crippen molar-refractivity contribution in [2.24, 2.45) is 0 Å². The summed E-state index contributed by atoms with van der Waals surface area (Å²) in [7, 11) is 0. The van der Waals surface area contributed by atoms with Crippen molar-refractivity contribution in [3.8, 4) is 78.4 Å². The summed E-state index contributed by atoms with van der Waals surface area (Å²) in [5, 5.41) is 4.29. The van der Waals surface area contributed by atoms with Crippen LogP contribution >= 0.6 is 0 Å². The molecule has 4 aromatic heterocycles. The molecule has 12 rings (SSSR count). The molecule has 0 spiro atoms. The monoisotopic (exact) mass is 814 g/mol. The minimum Gasteiger partial charge on any atom is -0.245 e. The Morgan fingerprint density at radius 1 is 0.172 bits per heavy atom. The smallest absolute Gasteiger partial charge is 0.0972 e. The molecule has 298 valence electrons. The largest absolute Gasteiger partial charge is 0.245 e. The van der Waals surface area contributed by atoms with Gasteiger partial charge in [-0.1, -0.05) is 206 Å². The van der Waals surface area contributed by atoms with Crippen molar-refractivity contribution in [1.82, 2.24) is 19.9 Å². The summed E-state index contributed by atoms with van der Waals surface area (Å²) in [5.74, 6) is 0. The van der Waals surface area contributed by atoms with Crippen LogP contribution in [0.25, 0.3) is 122 Å². The fraction of sp³-hybridized carbons (Fsp3) is 0. The van der Waals surface area contributed by atoms with E-state index in [0.717, 1.165) is 99.8 Å². The molecule has 0 saturated heterocycles. The molecule has 0 atom stereocenters. The van der Waals surface area contributed by atoms with Crippen molar-refractivity contribution in [2.45, 2.75) is 0 Å². The molecule has 0 aliphatic rings. The molecule has 0 N–H and O–H groups in total. The summed E-state index contributed by atoms with van der Waals surface area (Å²) in [5.41, 5.74) is 18.6. The number of fused-ring (bicyclic) bond motifs is 6. The fourth-order valence-electron chi connectivity index (χ4n) is 8.98. The lowest BCUT2D eigenvalue weighted by Gasteiger charge is -2.15. The Balaban J connectivity index is 0.857. The Morgan fingerprint density at radius 2 is 0.406 bits per heavy atom. The van der Waals surface area contributed by atoms with Gasteiger partial charge in [-0.2, -0.15) is 0 Å². The van der Waals surface area contributed by atoms with Crippen molar-refractivity contribution in [3.63, 3.8) is 0 Å². The molecular formula is C60H38N4. The Kier molecular flexibility index (Phi) is 9.12. The van der Waals surface area contributed by atoms with Crippen molar-refractivity contribution in [3.05, 3.63) is 231 Å². The van der Waals surface area contributed by atoms with Gasteiger partial charge >= 0.3 is 0 Å². The second-order valence-corrected chi connectivity index (χ2v) is 16.2. The number of hydrogen-bond acceptors (Lipinski definition) is 4. The van der Waals surface area contributed by atoms with Gasteiger partial charge < -0.3 is 0 Å². The summed E-state index contributed by atoms with van der Waals surface area (Å²) >= 11 is 0. The fourth-order valence-corrected chi connectivity index (χ4v) is 8.98. The Bertz CT molecular complexity index is 3450. The van der Waals surface area contributed by atoms with Crippen molar-refractivity contribution in [2.75, 3.05) is 0 Å². The van der Waals surface area contributed by atoms with E-state index in [1.54, 1.807) is 0 Å². The average molecular weight is 815 g/mol. The summed E-state index contributed by atoms with van der Waals surface area (Å²) in [6.45, 7) is 0. The van der Waals surface area contributed by atoms with Gasteiger partial charge in [-0.25, -0.2) is 19.9 Å². The van der Waals surface area contributed by atoms with E-state index in [9.17, 15) is 0 Å². The Hall–Kier alpha value is -8.60. The van der Waals surface area contributed by atoms with Gasteiger partial charge in [0, 0.05) is 43.8 Å². The van der Waals surface area contributed by atoms with Gasteiger partial charge in [0.25, 0.3) is 0 Å². The molecule has 0 bridgehead atoms. The lowest BCUT2D eigenvalue weighted by Crippen LogP contribution is -1.92. The molecule has 0 amide bonds. The first-order chi connectivity index (χ1) is 31.7. The van der Waals surface area contributed by atoms with Crippen LogP contribution < -0.4 is 0 Å². The molecule has 4 heterocycles. The first-order valence-electron chi connectivity index (χ1n) is 21.6. The standard InChI is InChI=1S/C60H38N4/c1-3-11-41(12-4-1)53-35-31-45-27-29-47-33-37-55(63-59(47)57(45)61-53)43-23-19-39(20-24-43)49-15-7-9-17-51(49)52-18-10-8-16-50(52)40-21-25-44(26-22-40)56-38-34-48-30-28-46-32-36-54(42-13-5-2-6-14-42)62-58(46)60(48)64-56/h1-38H. The third kappa shape index (κ3) is 6.75. The highest BCUT2D eigenvalue weighted by molar-refractivity contribution is 6.05. The Morgan fingerprint density at radius 3 is 0.719 bits per heavy atom. The van der Waals surface area contributed by atoms with Gasteiger partial charge in [0.2, 0.25) is 0 Å². The van der Waals surface area contributed by atoms with E-state index in [-0.39, 0.29) is 0 Å². The van der Waals surface area contributed by atoms with Crippen LogP contribution in [0, 0.1) is 0 Å². The average Bonchev–Trinajstić information content (AvgIpc) is 3.38. The van der Waals surface area contributed by atoms with E-state index >= 15 is 0 Å². The van der Waals surface area contributed by atoms with E-state index in [1.165, 1.54) is 22.3 Å². The van der Waals surface area contributed by atoms with Crippen molar-refractivity contribution < 1.29 is 0 Å². The van der Waals surface area contributed by atoms with Crippen LogP contribution in [-0.4, -0.2) is 19.9 Å². The first-order valence-corrected chi connectivity index (χ1v) is 21.6. The van der Waals surface area contributed by atoms with Gasteiger partial charge in [0.05, 0.1) is 44.8 Å². The number of rotatable bonds is 7. The molecule has 12 aromatic rings. The molecule has 8 aromatic carbocycles. The molecule has 4 nitrogen and oxygen atoms in total. The van der Waals surface area contributed by atoms with E-state index in [0.29, 0.717) is 0 Å². The predicted octanol–water partition coefficient (Wildman–Crippen LogP) is 15.5. The van der Waals surface area contributed by atoms with Crippen molar-refractivity contribution >= 4 is 43.6 Å². The summed E-state index contributed by atoms with van der Waals surface area (Å²) < 4.78 is 0. The molecule has 0 unspecified atom stereocenters. The summed E-state index contributed by atoms with van der Waals surface area (Å²) in [6, 6.07) is 81.1. The molecule has 0 aliphatic carbocycles. The van der Waals surface area contributed by atoms with Crippen molar-refractivity contribution in [1.29, 1.82) is 0 Å². The minimum absolute atomic E-state index is 0.906. The molecular weight excluding hydrogens is 777 g/mol. The maximum Gasteiger partial charge on any atom is 0.0972 e. The third-order valence-electron chi connectivity index (χ3n) is 12.3. The van der Waals surface area contributed by atoms with Crippen LogP contribution in [0.5, 0.6) is 0 Å². The SMILES string of the molecule is c1ccc(-c2ccc3ccc4ccc(-c5ccc(-c6ccccc6-c6ccccc6-c6ccc(-c7ccc8ccc9ccc(-c%10ccccc%10)nc9c8n7)cc6)cc5)nc4c3n2)cc1. The van der Waals surface area contributed by atoms with Crippen LogP contribution in [0.4, 0.5) is 0 Å². The quantitative estimate of drug-likeness (QED) is 0.150. The lowest BCUT2D eigenvalue weighted by atomic mass is 9.89. The molecule has 0 fully saturated rings. The van der Waals surface area contributed by atoms with Gasteiger partial charge in [-0.15, -0.1) is 0 Å². The molecule has 0 aliphatic heterocycles. The van der Waals surface area contributed by atoms with Crippen LogP contribution in [-0.2, 0) is 0 Å². The topological polar surface area (TPSA) is 51.6 Å². The number of aromatic nitrogens is 4. The molecule has 4 heteroatoms. The number of hydrogen-bond donors (Lipinski definition) is 0. The molecule has 64 heavy (non-hydrogen) atoms. The van der Waals surface area contributed by atoms with E-state index < -0.39 is 0 Å². The van der Waals surface area contributed by atoms with E-state index in [2.05, 4.69) is 194 Å². The van der Waals surface area contributed by atoms with Gasteiger partial charge in [0.15, 0.2) is 0 Å². The zero-order chi connectivity index (χ0) is 42.4. The third-order valence-corrected chi connectivity index (χ3v) is 12.3. The maximum atomic E-state index is 5.22. The second-order valence-electron chi connectivity index (χ2n) is 16.2. The molecule has 0 radical (unpaired) electrons. The predicted molar refractivity (Wildman–Crippen MR) is 266 cm³/mol. The zero-order valence-electron chi connectivity index (χ0n) is 34.7. The van der Waals surface area contributed by atoms with Crippen LogP contribution in [0.15, 0.2) is 231 Å². The first kappa shape index (κ1) is 37.2. The van der Waals surface area contributed by atoms with Gasteiger partial charge in [0.1, 0.15) is 0 Å². The highest BCUT2D eigenvalue weighted by atomic mass is 14.8. The highest BCUT2D eigenvalue weighted by Gasteiger charge is 2.15. The normalized spacial score (nSPS) is 11.4. The highest BCUT2D eigenvalue weighted by Crippen LogP contribution is 2.40. The summed E-state index contributed by atoms with van der Waals surface area (Å²) in [4.78, 5) is 20.7. The van der Waals surface area contributed by atoms with Crippen LogP contribution in [0.2, 0.25) is 0 Å². The summed E-state index contributed by atoms with van der Waals surface area (Å²) in [6.07, 6.45) is 0. The van der Waals surface area contributed by atoms with Gasteiger partial charge in [-0.05, 0) is 57.6 Å². The second kappa shape index (κ2) is 15.7. The van der Waals surface area contributed by atoms with Gasteiger partial charge in [-0.3, -0.25) is 0 Å². The molecule has 0 saturated carbocycles.